The third-order valence-electron chi connectivity index (χ3n) is 3.94. The van der Waals surface area contributed by atoms with Gasteiger partial charge in [-0.2, -0.15) is 0 Å². The van der Waals surface area contributed by atoms with Gasteiger partial charge < -0.3 is 10.1 Å². The predicted octanol–water partition coefficient (Wildman–Crippen LogP) is 5.29. The number of nitrogens with one attached hydrogen (secondary N) is 1. The van der Waals surface area contributed by atoms with Crippen LogP contribution in [0.3, 0.4) is 0 Å². The van der Waals surface area contributed by atoms with Crippen molar-refractivity contribution < 1.29 is 9.53 Å². The molecule has 0 saturated carbocycles. The molecule has 1 amide bonds. The number of ether oxygens (including phenoxy) is 1. The molecule has 1 heterocycles. The molecule has 0 atom stereocenters. The van der Waals surface area contributed by atoms with E-state index in [9.17, 15) is 4.79 Å². The lowest BCUT2D eigenvalue weighted by Gasteiger charge is -2.06. The molecule has 0 saturated heterocycles. The van der Waals surface area contributed by atoms with E-state index in [4.69, 9.17) is 4.74 Å². The second kappa shape index (κ2) is 6.89. The molecule has 0 aliphatic heterocycles. The molecular weight excluding hydrogens is 318 g/mol. The van der Waals surface area contributed by atoms with Gasteiger partial charge in [-0.25, -0.2) is 0 Å². The summed E-state index contributed by atoms with van der Waals surface area (Å²) in [5, 5.41) is 2.99. The fourth-order valence-electron chi connectivity index (χ4n) is 2.55. The summed E-state index contributed by atoms with van der Waals surface area (Å²) < 4.78 is 5.19. The van der Waals surface area contributed by atoms with E-state index in [2.05, 4.69) is 5.32 Å². The summed E-state index contributed by atoms with van der Waals surface area (Å²) in [6.07, 6.45) is 0. The van der Waals surface area contributed by atoms with Gasteiger partial charge in [0.25, 0.3) is 5.91 Å². The minimum atomic E-state index is -0.0721. The Bertz CT molecular complexity index is 866. The Morgan fingerprint density at radius 2 is 1.75 bits per heavy atom. The van der Waals surface area contributed by atoms with Crippen molar-refractivity contribution in [2.45, 2.75) is 13.8 Å². The van der Waals surface area contributed by atoms with Gasteiger partial charge in [-0.05, 0) is 54.8 Å². The highest BCUT2D eigenvalue weighted by atomic mass is 32.1. The number of methoxy groups -OCH3 is 1. The summed E-state index contributed by atoms with van der Waals surface area (Å²) in [6, 6.07) is 17.6. The molecule has 0 aliphatic carbocycles. The van der Waals surface area contributed by atoms with Crippen LogP contribution in [0.1, 0.15) is 20.1 Å². The molecule has 1 aromatic heterocycles. The quantitative estimate of drug-likeness (QED) is 0.702. The molecule has 0 fully saturated rings. The Labute approximate surface area is 145 Å². The van der Waals surface area contributed by atoms with Crippen LogP contribution in [0, 0.1) is 13.8 Å². The van der Waals surface area contributed by atoms with Crippen LogP contribution < -0.4 is 10.1 Å². The standard InChI is InChI=1S/C20H19NO2S/c1-13-6-4-5-7-18(13)21-20(22)19-12-17(14(2)24-19)15-8-10-16(23-3)11-9-15/h4-12H,1-3H3,(H,21,22). The second-order valence-electron chi connectivity index (χ2n) is 5.58. The first-order chi connectivity index (χ1) is 11.6. The van der Waals surface area contributed by atoms with Gasteiger partial charge in [-0.1, -0.05) is 30.3 Å². The maximum Gasteiger partial charge on any atom is 0.265 e. The van der Waals surface area contributed by atoms with Gasteiger partial charge in [-0.15, -0.1) is 11.3 Å². The highest BCUT2D eigenvalue weighted by Crippen LogP contribution is 2.32. The van der Waals surface area contributed by atoms with Crippen molar-refractivity contribution in [2.75, 3.05) is 12.4 Å². The van der Waals surface area contributed by atoms with Crippen LogP contribution in [-0.4, -0.2) is 13.0 Å². The molecule has 4 heteroatoms. The number of aryl methyl sites for hydroxylation is 2. The van der Waals surface area contributed by atoms with Crippen LogP contribution in [0.25, 0.3) is 11.1 Å². The molecule has 0 bridgehead atoms. The smallest absolute Gasteiger partial charge is 0.265 e. The maximum atomic E-state index is 12.5. The molecule has 1 N–H and O–H groups in total. The number of thiophene rings is 1. The van der Waals surface area contributed by atoms with Crippen LogP contribution in [0.5, 0.6) is 5.75 Å². The van der Waals surface area contributed by atoms with Crippen LogP contribution in [0.2, 0.25) is 0 Å². The van der Waals surface area contributed by atoms with Crippen molar-refractivity contribution in [1.29, 1.82) is 0 Å². The van der Waals surface area contributed by atoms with Crippen molar-refractivity contribution in [3.05, 3.63) is 69.9 Å². The van der Waals surface area contributed by atoms with Crippen molar-refractivity contribution in [3.63, 3.8) is 0 Å². The summed E-state index contributed by atoms with van der Waals surface area (Å²) in [4.78, 5) is 14.4. The molecule has 0 aliphatic rings. The lowest BCUT2D eigenvalue weighted by molar-refractivity contribution is 0.103. The number of amides is 1. The SMILES string of the molecule is COc1ccc(-c2cc(C(=O)Nc3ccccc3C)sc2C)cc1. The van der Waals surface area contributed by atoms with Gasteiger partial charge in [-0.3, -0.25) is 4.79 Å². The molecule has 2 aromatic carbocycles. The van der Waals surface area contributed by atoms with Gasteiger partial charge >= 0.3 is 0 Å². The Morgan fingerprint density at radius 3 is 2.42 bits per heavy atom. The van der Waals surface area contributed by atoms with Crippen LogP contribution in [0.4, 0.5) is 5.69 Å². The average molecular weight is 337 g/mol. The van der Waals surface area contributed by atoms with E-state index < -0.39 is 0 Å². The first-order valence-corrected chi connectivity index (χ1v) is 8.52. The minimum Gasteiger partial charge on any atom is -0.497 e. The van der Waals surface area contributed by atoms with Crippen LogP contribution in [0.15, 0.2) is 54.6 Å². The van der Waals surface area contributed by atoms with E-state index >= 15 is 0 Å². The van der Waals surface area contributed by atoms with Crippen molar-refractivity contribution >= 4 is 22.9 Å². The lowest BCUT2D eigenvalue weighted by Crippen LogP contribution is -2.10. The molecule has 122 valence electrons. The zero-order valence-corrected chi connectivity index (χ0v) is 14.7. The van der Waals surface area contributed by atoms with E-state index in [1.165, 1.54) is 11.3 Å². The summed E-state index contributed by atoms with van der Waals surface area (Å²) in [5.74, 6) is 0.751. The van der Waals surface area contributed by atoms with E-state index in [1.807, 2.05) is 68.4 Å². The number of hydrogen-bond acceptors (Lipinski definition) is 3. The molecule has 0 spiro atoms. The van der Waals surface area contributed by atoms with Gasteiger partial charge in [0.05, 0.1) is 12.0 Å². The Balaban J connectivity index is 1.85. The highest BCUT2D eigenvalue weighted by molar-refractivity contribution is 7.14. The van der Waals surface area contributed by atoms with Crippen molar-refractivity contribution in [2.24, 2.45) is 0 Å². The van der Waals surface area contributed by atoms with Gasteiger partial charge in [0.1, 0.15) is 5.75 Å². The number of benzene rings is 2. The fraction of sp³-hybridized carbons (Fsp3) is 0.150. The Morgan fingerprint density at radius 1 is 1.04 bits per heavy atom. The topological polar surface area (TPSA) is 38.3 Å². The van der Waals surface area contributed by atoms with E-state index in [-0.39, 0.29) is 5.91 Å². The molecule has 3 aromatic rings. The van der Waals surface area contributed by atoms with Gasteiger partial charge in [0, 0.05) is 10.6 Å². The molecule has 0 unspecified atom stereocenters. The zero-order valence-electron chi connectivity index (χ0n) is 13.9. The first kappa shape index (κ1) is 16.3. The predicted molar refractivity (Wildman–Crippen MR) is 100 cm³/mol. The molecular formula is C20H19NO2S. The van der Waals surface area contributed by atoms with E-state index in [0.29, 0.717) is 4.88 Å². The summed E-state index contributed by atoms with van der Waals surface area (Å²) in [6.45, 7) is 4.02. The van der Waals surface area contributed by atoms with Crippen molar-refractivity contribution in [3.8, 4) is 16.9 Å². The zero-order chi connectivity index (χ0) is 17.1. The summed E-state index contributed by atoms with van der Waals surface area (Å²) in [5.41, 5.74) is 4.06. The molecule has 24 heavy (non-hydrogen) atoms. The number of hydrogen-bond donors (Lipinski definition) is 1. The molecule has 0 radical (unpaired) electrons. The minimum absolute atomic E-state index is 0.0721. The van der Waals surface area contributed by atoms with Crippen LogP contribution in [-0.2, 0) is 0 Å². The maximum absolute atomic E-state index is 12.5. The Kier molecular flexibility index (Phi) is 4.67. The molecule has 3 nitrogen and oxygen atoms in total. The number of rotatable bonds is 4. The van der Waals surface area contributed by atoms with Crippen LogP contribution >= 0.6 is 11.3 Å². The van der Waals surface area contributed by atoms with Gasteiger partial charge in [0.2, 0.25) is 0 Å². The summed E-state index contributed by atoms with van der Waals surface area (Å²) in [7, 11) is 1.65. The van der Waals surface area contributed by atoms with E-state index in [1.54, 1.807) is 7.11 Å². The normalized spacial score (nSPS) is 10.5. The Hall–Kier alpha value is -2.59. The highest BCUT2D eigenvalue weighted by Gasteiger charge is 2.14. The fourth-order valence-corrected chi connectivity index (χ4v) is 3.49. The number of para-hydroxylation sites is 1. The number of carbonyl (C=O) groups is 1. The lowest BCUT2D eigenvalue weighted by atomic mass is 10.1. The number of anilines is 1. The van der Waals surface area contributed by atoms with E-state index in [0.717, 1.165) is 33.0 Å². The monoisotopic (exact) mass is 337 g/mol. The first-order valence-electron chi connectivity index (χ1n) is 7.70. The second-order valence-corrected chi connectivity index (χ2v) is 6.83. The third-order valence-corrected chi connectivity index (χ3v) is 4.99. The molecule has 3 rings (SSSR count). The average Bonchev–Trinajstić information content (AvgIpc) is 2.99. The number of carbonyl (C=O) groups excluding carboxylic acids is 1. The third kappa shape index (κ3) is 3.34. The summed E-state index contributed by atoms with van der Waals surface area (Å²) >= 11 is 1.51. The largest absolute Gasteiger partial charge is 0.497 e. The van der Waals surface area contributed by atoms with Gasteiger partial charge in [0.15, 0.2) is 0 Å². The van der Waals surface area contributed by atoms with Crippen molar-refractivity contribution in [1.82, 2.24) is 0 Å².